The minimum Gasteiger partial charge on any atom is -0.496 e. The first-order valence-electron chi connectivity index (χ1n) is 7.76. The second-order valence-electron chi connectivity index (χ2n) is 5.46. The van der Waals surface area contributed by atoms with Crippen molar-refractivity contribution in [2.45, 2.75) is 11.3 Å². The molecule has 2 aromatic rings. The fourth-order valence-corrected chi connectivity index (χ4v) is 3.61. The Hall–Kier alpha value is -2.36. The van der Waals surface area contributed by atoms with Gasteiger partial charge in [-0.25, -0.2) is 17.9 Å². The van der Waals surface area contributed by atoms with E-state index >= 15 is 0 Å². The summed E-state index contributed by atoms with van der Waals surface area (Å²) >= 11 is 11.4. The molecule has 10 heteroatoms. The molecule has 0 atom stereocenters. The van der Waals surface area contributed by atoms with E-state index in [0.717, 1.165) is 5.56 Å². The highest BCUT2D eigenvalue weighted by molar-refractivity contribution is 7.90. The highest BCUT2D eigenvalue weighted by atomic mass is 35.5. The molecule has 2 amide bonds. The third-order valence-electron chi connectivity index (χ3n) is 3.57. The Labute approximate surface area is 167 Å². The number of carbonyl (C=O) groups is 1. The Morgan fingerprint density at radius 1 is 1.22 bits per heavy atom. The third-order valence-corrected chi connectivity index (χ3v) is 5.54. The number of rotatable bonds is 7. The molecule has 144 valence electrons. The maximum absolute atomic E-state index is 11.8. The van der Waals surface area contributed by atoms with Crippen molar-refractivity contribution >= 4 is 44.9 Å². The fourth-order valence-electron chi connectivity index (χ4n) is 2.30. The average Bonchev–Trinajstić information content (AvgIpc) is 2.61. The van der Waals surface area contributed by atoms with E-state index in [9.17, 15) is 13.2 Å². The van der Waals surface area contributed by atoms with Crippen LogP contribution in [0, 0.1) is 0 Å². The van der Waals surface area contributed by atoms with Gasteiger partial charge in [-0.15, -0.1) is 0 Å². The van der Waals surface area contributed by atoms with E-state index in [0.29, 0.717) is 34.3 Å². The SMILES string of the molecule is COc1ccc(Cl)cc1C(=S)NCCc1ccc(S(=O)(=O)NC(N)=O)cc1. The first-order chi connectivity index (χ1) is 12.7. The number of benzene rings is 2. The van der Waals surface area contributed by atoms with E-state index < -0.39 is 16.1 Å². The van der Waals surface area contributed by atoms with Gasteiger partial charge in [0, 0.05) is 11.6 Å². The van der Waals surface area contributed by atoms with Gasteiger partial charge in [0.1, 0.15) is 10.7 Å². The summed E-state index contributed by atoms with van der Waals surface area (Å²) in [5.74, 6) is 0.619. The molecule has 0 radical (unpaired) electrons. The second kappa shape index (κ2) is 9.03. The molecule has 0 fully saturated rings. The zero-order valence-corrected chi connectivity index (χ0v) is 16.7. The van der Waals surface area contributed by atoms with Gasteiger partial charge < -0.3 is 15.8 Å². The van der Waals surface area contributed by atoms with Crippen LogP contribution in [0.3, 0.4) is 0 Å². The van der Waals surface area contributed by atoms with Gasteiger partial charge in [0.25, 0.3) is 10.0 Å². The average molecular weight is 428 g/mol. The molecule has 0 bridgehead atoms. The number of halogens is 1. The van der Waals surface area contributed by atoms with Gasteiger partial charge in [0.2, 0.25) is 0 Å². The van der Waals surface area contributed by atoms with Crippen LogP contribution in [0.1, 0.15) is 11.1 Å². The number of sulfonamides is 1. The van der Waals surface area contributed by atoms with Crippen LogP contribution in [0.15, 0.2) is 47.4 Å². The van der Waals surface area contributed by atoms with Crippen molar-refractivity contribution in [1.29, 1.82) is 0 Å². The molecule has 0 aliphatic heterocycles. The van der Waals surface area contributed by atoms with Crippen LogP contribution in [-0.2, 0) is 16.4 Å². The van der Waals surface area contributed by atoms with Crippen molar-refractivity contribution in [3.8, 4) is 5.75 Å². The van der Waals surface area contributed by atoms with Crippen molar-refractivity contribution in [2.24, 2.45) is 5.73 Å². The van der Waals surface area contributed by atoms with E-state index in [1.165, 1.54) is 12.1 Å². The number of nitrogens with one attached hydrogen (secondary N) is 2. The van der Waals surface area contributed by atoms with Gasteiger partial charge in [0.05, 0.1) is 17.6 Å². The molecular formula is C17H18ClN3O4S2. The molecule has 0 heterocycles. The van der Waals surface area contributed by atoms with Gasteiger partial charge in [-0.3, -0.25) is 0 Å². The first-order valence-corrected chi connectivity index (χ1v) is 10.0. The van der Waals surface area contributed by atoms with Crippen LogP contribution in [0.2, 0.25) is 5.02 Å². The van der Waals surface area contributed by atoms with Gasteiger partial charge in [-0.1, -0.05) is 36.0 Å². The smallest absolute Gasteiger partial charge is 0.326 e. The molecule has 2 aromatic carbocycles. The quantitative estimate of drug-likeness (QED) is 0.584. The molecule has 0 spiro atoms. The number of hydrogen-bond donors (Lipinski definition) is 3. The summed E-state index contributed by atoms with van der Waals surface area (Å²) in [5.41, 5.74) is 6.43. The lowest BCUT2D eigenvalue weighted by Gasteiger charge is -2.12. The summed E-state index contributed by atoms with van der Waals surface area (Å²) in [6, 6.07) is 10.2. The largest absolute Gasteiger partial charge is 0.496 e. The number of methoxy groups -OCH3 is 1. The van der Waals surface area contributed by atoms with E-state index in [1.807, 2.05) is 0 Å². The summed E-state index contributed by atoms with van der Waals surface area (Å²) in [6.45, 7) is 0.528. The van der Waals surface area contributed by atoms with Crippen LogP contribution in [0.5, 0.6) is 5.75 Å². The zero-order chi connectivity index (χ0) is 20.0. The number of hydrogen-bond acceptors (Lipinski definition) is 5. The van der Waals surface area contributed by atoms with Crippen molar-refractivity contribution in [3.63, 3.8) is 0 Å². The lowest BCUT2D eigenvalue weighted by Crippen LogP contribution is -2.34. The van der Waals surface area contributed by atoms with Gasteiger partial charge in [0.15, 0.2) is 0 Å². The molecule has 27 heavy (non-hydrogen) atoms. The fraction of sp³-hybridized carbons (Fsp3) is 0.176. The van der Waals surface area contributed by atoms with Gasteiger partial charge in [-0.2, -0.15) is 0 Å². The molecule has 2 rings (SSSR count). The standard InChI is InChI=1S/C17H18ClN3O4S2/c1-25-15-7-4-12(18)10-14(15)16(26)20-9-8-11-2-5-13(6-3-11)27(23,24)21-17(19)22/h2-7,10H,8-9H2,1H3,(H,20,26)(H3,19,21,22). The summed E-state index contributed by atoms with van der Waals surface area (Å²) in [6.07, 6.45) is 0.604. The van der Waals surface area contributed by atoms with E-state index in [4.69, 9.17) is 34.3 Å². The molecule has 0 saturated carbocycles. The molecule has 0 aliphatic rings. The van der Waals surface area contributed by atoms with Gasteiger partial charge >= 0.3 is 6.03 Å². The molecule has 0 aromatic heterocycles. The lowest BCUT2D eigenvalue weighted by atomic mass is 10.1. The number of thiocarbonyl (C=S) groups is 1. The summed E-state index contributed by atoms with van der Waals surface area (Å²) in [5, 5.41) is 3.67. The maximum atomic E-state index is 11.8. The highest BCUT2D eigenvalue weighted by Gasteiger charge is 2.15. The Balaban J connectivity index is 1.97. The highest BCUT2D eigenvalue weighted by Crippen LogP contribution is 2.22. The van der Waals surface area contributed by atoms with E-state index in [1.54, 1.807) is 42.2 Å². The van der Waals surface area contributed by atoms with E-state index in [-0.39, 0.29) is 4.90 Å². The van der Waals surface area contributed by atoms with Crippen LogP contribution in [0.25, 0.3) is 0 Å². The van der Waals surface area contributed by atoms with E-state index in [2.05, 4.69) is 5.32 Å². The number of ether oxygens (including phenoxy) is 1. The van der Waals surface area contributed by atoms with Crippen LogP contribution < -0.4 is 20.5 Å². The third kappa shape index (κ3) is 5.81. The molecule has 0 unspecified atom stereocenters. The topological polar surface area (TPSA) is 111 Å². The number of amides is 2. The zero-order valence-electron chi connectivity index (χ0n) is 14.4. The number of urea groups is 1. The molecule has 7 nitrogen and oxygen atoms in total. The molecule has 0 aliphatic carbocycles. The monoisotopic (exact) mass is 427 g/mol. The van der Waals surface area contributed by atoms with Crippen LogP contribution >= 0.6 is 23.8 Å². The Morgan fingerprint density at radius 2 is 1.89 bits per heavy atom. The predicted molar refractivity (Wildman–Crippen MR) is 108 cm³/mol. The van der Waals surface area contributed by atoms with Crippen molar-refractivity contribution in [1.82, 2.24) is 10.0 Å². The minimum absolute atomic E-state index is 0.0443. The predicted octanol–water partition coefficient (Wildman–Crippen LogP) is 2.21. The summed E-state index contributed by atoms with van der Waals surface area (Å²) in [7, 11) is -2.39. The second-order valence-corrected chi connectivity index (χ2v) is 7.99. The minimum atomic E-state index is -3.95. The Morgan fingerprint density at radius 3 is 2.48 bits per heavy atom. The lowest BCUT2D eigenvalue weighted by molar-refractivity contribution is 0.253. The number of nitrogens with two attached hydrogens (primary N) is 1. The molecule has 4 N–H and O–H groups in total. The van der Waals surface area contributed by atoms with Crippen molar-refractivity contribution in [3.05, 3.63) is 58.6 Å². The van der Waals surface area contributed by atoms with Crippen LogP contribution in [0.4, 0.5) is 4.79 Å². The molecule has 0 saturated heterocycles. The van der Waals surface area contributed by atoms with Crippen LogP contribution in [-0.4, -0.2) is 33.1 Å². The summed E-state index contributed by atoms with van der Waals surface area (Å²) < 4.78 is 30.7. The van der Waals surface area contributed by atoms with Crippen molar-refractivity contribution < 1.29 is 17.9 Å². The number of primary amides is 1. The normalized spacial score (nSPS) is 10.9. The maximum Gasteiger partial charge on any atom is 0.326 e. The summed E-state index contributed by atoms with van der Waals surface area (Å²) in [4.78, 5) is 11.2. The number of carbonyl (C=O) groups excluding carboxylic acids is 1. The van der Waals surface area contributed by atoms with Gasteiger partial charge in [-0.05, 0) is 42.3 Å². The molecular weight excluding hydrogens is 410 g/mol. The first kappa shape index (κ1) is 20.9. The Bertz CT molecular complexity index is 947. The van der Waals surface area contributed by atoms with Crippen molar-refractivity contribution in [2.75, 3.05) is 13.7 Å². The Kier molecular flexibility index (Phi) is 7.00.